The van der Waals surface area contributed by atoms with E-state index in [4.69, 9.17) is 0 Å². The Balaban J connectivity index is 2.65. The number of benzene rings is 1. The highest BCUT2D eigenvalue weighted by Crippen LogP contribution is 2.43. The van der Waals surface area contributed by atoms with Gasteiger partial charge in [-0.2, -0.15) is 0 Å². The smallest absolute Gasteiger partial charge is 0.240 e. The summed E-state index contributed by atoms with van der Waals surface area (Å²) >= 11 is 0. The molecule has 0 saturated carbocycles. The van der Waals surface area contributed by atoms with E-state index in [-0.39, 0.29) is 11.8 Å². The van der Waals surface area contributed by atoms with Gasteiger partial charge in [0.15, 0.2) is 0 Å². The highest BCUT2D eigenvalue weighted by Gasteiger charge is 2.56. The van der Waals surface area contributed by atoms with Gasteiger partial charge in [-0.3, -0.25) is 14.5 Å². The van der Waals surface area contributed by atoms with E-state index >= 15 is 0 Å². The van der Waals surface area contributed by atoms with Gasteiger partial charge in [0.25, 0.3) is 0 Å². The molecule has 1 heterocycles. The summed E-state index contributed by atoms with van der Waals surface area (Å²) in [5.41, 5.74) is 0.106. The second kappa shape index (κ2) is 4.41. The van der Waals surface area contributed by atoms with Crippen LogP contribution < -0.4 is 0 Å². The fourth-order valence-corrected chi connectivity index (χ4v) is 2.87. The van der Waals surface area contributed by atoms with Crippen molar-refractivity contribution in [3.05, 3.63) is 48.6 Å². The Morgan fingerprint density at radius 3 is 2.44 bits per heavy atom. The zero-order valence-corrected chi connectivity index (χ0v) is 10.7. The molecule has 2 rings (SSSR count). The Bertz CT molecular complexity index is 494. The summed E-state index contributed by atoms with van der Waals surface area (Å²) in [5.74, 6) is -0.769. The van der Waals surface area contributed by atoms with Crippen LogP contribution in [0.25, 0.3) is 0 Å². The molecule has 3 nitrogen and oxygen atoms in total. The number of imide groups is 1. The molecule has 0 N–H and O–H groups in total. The number of carbonyl (C=O) groups is 2. The van der Waals surface area contributed by atoms with Crippen molar-refractivity contribution in [2.24, 2.45) is 5.92 Å². The average Bonchev–Trinajstić information content (AvgIpc) is 2.61. The number of hydrogen-bond donors (Lipinski definition) is 0. The second-order valence-corrected chi connectivity index (χ2v) is 4.61. The minimum absolute atomic E-state index is 0.133. The predicted octanol–water partition coefficient (Wildman–Crippen LogP) is 2.14. The third-order valence-electron chi connectivity index (χ3n) is 3.90. The van der Waals surface area contributed by atoms with E-state index in [2.05, 4.69) is 6.58 Å². The van der Waals surface area contributed by atoms with Crippen LogP contribution in [0.4, 0.5) is 0 Å². The number of carbonyl (C=O) groups excluding carboxylic acids is 2. The number of rotatable bonds is 3. The topological polar surface area (TPSA) is 37.4 Å². The first kappa shape index (κ1) is 12.6. The summed E-state index contributed by atoms with van der Waals surface area (Å²) in [6, 6.07) is 9.50. The maximum absolute atomic E-state index is 12.5. The number of nitrogens with zero attached hydrogens (tertiary/aromatic N) is 1. The molecular weight excluding hydrogens is 226 g/mol. The Kier molecular flexibility index (Phi) is 3.07. The lowest BCUT2D eigenvalue weighted by Crippen LogP contribution is -2.39. The van der Waals surface area contributed by atoms with Crippen molar-refractivity contribution in [2.75, 3.05) is 7.05 Å². The molecule has 2 amide bonds. The van der Waals surface area contributed by atoms with Gasteiger partial charge in [-0.25, -0.2) is 0 Å². The van der Waals surface area contributed by atoms with Gasteiger partial charge in [0, 0.05) is 7.05 Å². The van der Waals surface area contributed by atoms with E-state index in [0.29, 0.717) is 6.42 Å². The molecule has 0 bridgehead atoms. The lowest BCUT2D eigenvalue weighted by atomic mass is 9.70. The molecular formula is C15H17NO2. The molecule has 18 heavy (non-hydrogen) atoms. The van der Waals surface area contributed by atoms with Crippen LogP contribution in [0, 0.1) is 5.92 Å². The largest absolute Gasteiger partial charge is 0.284 e. The Morgan fingerprint density at radius 1 is 1.33 bits per heavy atom. The molecule has 0 spiro atoms. The molecule has 1 aromatic carbocycles. The first-order valence-corrected chi connectivity index (χ1v) is 6.09. The van der Waals surface area contributed by atoms with Gasteiger partial charge in [0.1, 0.15) is 0 Å². The third kappa shape index (κ3) is 1.43. The standard InChI is InChI=1S/C15H17NO2/c1-4-12-13(17)16(3)14(18)15(12,5-2)11-9-7-6-8-10-11/h4,6-10,12H,1,5H2,2-3H3. The fraction of sp³-hybridized carbons (Fsp3) is 0.333. The second-order valence-electron chi connectivity index (χ2n) is 4.61. The van der Waals surface area contributed by atoms with Gasteiger partial charge >= 0.3 is 0 Å². The van der Waals surface area contributed by atoms with E-state index in [1.165, 1.54) is 4.90 Å². The van der Waals surface area contributed by atoms with Crippen molar-refractivity contribution in [1.82, 2.24) is 4.90 Å². The molecule has 1 fully saturated rings. The van der Waals surface area contributed by atoms with E-state index in [9.17, 15) is 9.59 Å². The average molecular weight is 243 g/mol. The minimum Gasteiger partial charge on any atom is -0.284 e. The molecule has 1 aliphatic rings. The predicted molar refractivity (Wildman–Crippen MR) is 69.9 cm³/mol. The summed E-state index contributed by atoms with van der Waals surface area (Å²) in [6.07, 6.45) is 2.18. The van der Waals surface area contributed by atoms with Gasteiger partial charge in [0.05, 0.1) is 11.3 Å². The molecule has 94 valence electrons. The Labute approximate surface area is 107 Å². The van der Waals surface area contributed by atoms with E-state index in [0.717, 1.165) is 5.56 Å². The van der Waals surface area contributed by atoms with Crippen molar-refractivity contribution in [3.8, 4) is 0 Å². The van der Waals surface area contributed by atoms with Crippen molar-refractivity contribution < 1.29 is 9.59 Å². The van der Waals surface area contributed by atoms with Crippen LogP contribution in [0.15, 0.2) is 43.0 Å². The molecule has 1 aliphatic heterocycles. The van der Waals surface area contributed by atoms with Crippen molar-refractivity contribution >= 4 is 11.8 Å². The summed E-state index contributed by atoms with van der Waals surface area (Å²) < 4.78 is 0. The lowest BCUT2D eigenvalue weighted by molar-refractivity contribution is -0.138. The molecule has 2 unspecified atom stereocenters. The van der Waals surface area contributed by atoms with Gasteiger partial charge in [0.2, 0.25) is 11.8 Å². The quantitative estimate of drug-likeness (QED) is 0.602. The van der Waals surface area contributed by atoms with Gasteiger partial charge in [-0.1, -0.05) is 43.3 Å². The van der Waals surface area contributed by atoms with E-state index < -0.39 is 11.3 Å². The Hall–Kier alpha value is -1.90. The number of amides is 2. The van der Waals surface area contributed by atoms with Gasteiger partial charge in [-0.05, 0) is 12.0 Å². The molecule has 0 aliphatic carbocycles. The third-order valence-corrected chi connectivity index (χ3v) is 3.90. The van der Waals surface area contributed by atoms with Crippen LogP contribution in [-0.2, 0) is 15.0 Å². The van der Waals surface area contributed by atoms with Crippen LogP contribution in [0.3, 0.4) is 0 Å². The van der Waals surface area contributed by atoms with Crippen molar-refractivity contribution in [1.29, 1.82) is 0 Å². The summed E-state index contributed by atoms with van der Waals surface area (Å²) in [5, 5.41) is 0. The Morgan fingerprint density at radius 2 is 1.94 bits per heavy atom. The van der Waals surface area contributed by atoms with Crippen LogP contribution in [0.2, 0.25) is 0 Å². The van der Waals surface area contributed by atoms with Gasteiger partial charge < -0.3 is 0 Å². The number of likely N-dealkylation sites (N-methyl/N-ethyl adjacent to an activating group) is 1. The van der Waals surface area contributed by atoms with Crippen molar-refractivity contribution in [3.63, 3.8) is 0 Å². The summed E-state index contributed by atoms with van der Waals surface area (Å²) in [4.78, 5) is 25.8. The lowest BCUT2D eigenvalue weighted by Gasteiger charge is -2.29. The normalized spacial score (nSPS) is 27.7. The zero-order chi connectivity index (χ0) is 13.3. The molecule has 0 aromatic heterocycles. The first-order valence-electron chi connectivity index (χ1n) is 6.09. The molecule has 0 radical (unpaired) electrons. The maximum atomic E-state index is 12.5. The first-order chi connectivity index (χ1) is 8.59. The fourth-order valence-electron chi connectivity index (χ4n) is 2.87. The summed E-state index contributed by atoms with van der Waals surface area (Å²) in [6.45, 7) is 5.67. The molecule has 3 heteroatoms. The van der Waals surface area contributed by atoms with Crippen molar-refractivity contribution in [2.45, 2.75) is 18.8 Å². The maximum Gasteiger partial charge on any atom is 0.240 e. The van der Waals surface area contributed by atoms with Gasteiger partial charge in [-0.15, -0.1) is 6.58 Å². The minimum atomic E-state index is -0.783. The van der Waals surface area contributed by atoms with Crippen LogP contribution in [0.5, 0.6) is 0 Å². The van der Waals surface area contributed by atoms with E-state index in [1.807, 2.05) is 37.3 Å². The van der Waals surface area contributed by atoms with E-state index in [1.54, 1.807) is 13.1 Å². The summed E-state index contributed by atoms with van der Waals surface area (Å²) in [7, 11) is 1.54. The zero-order valence-electron chi connectivity index (χ0n) is 10.7. The highest BCUT2D eigenvalue weighted by molar-refractivity contribution is 6.11. The number of hydrogen-bond acceptors (Lipinski definition) is 2. The number of likely N-dealkylation sites (tertiary alicyclic amines) is 1. The van der Waals surface area contributed by atoms with Crippen LogP contribution in [0.1, 0.15) is 18.9 Å². The van der Waals surface area contributed by atoms with Crippen LogP contribution in [-0.4, -0.2) is 23.8 Å². The molecule has 1 aromatic rings. The SMILES string of the molecule is C=CC1C(=O)N(C)C(=O)C1(CC)c1ccccc1. The highest BCUT2D eigenvalue weighted by atomic mass is 16.2. The monoisotopic (exact) mass is 243 g/mol. The molecule has 2 atom stereocenters. The van der Waals surface area contributed by atoms with Crippen LogP contribution >= 0.6 is 0 Å². The molecule has 1 saturated heterocycles.